The highest BCUT2D eigenvalue weighted by Crippen LogP contribution is 2.31. The lowest BCUT2D eigenvalue weighted by Gasteiger charge is -2.11. The van der Waals surface area contributed by atoms with Crippen LogP contribution in [0.15, 0.2) is 107 Å². The van der Waals surface area contributed by atoms with Gasteiger partial charge in [-0.2, -0.15) is 0 Å². The van der Waals surface area contributed by atoms with Crippen molar-refractivity contribution < 1.29 is 0 Å². The number of aliphatic imine (C=N–C) groups is 1. The first-order valence-corrected chi connectivity index (χ1v) is 11.0. The topological polar surface area (TPSA) is 63.3 Å². The van der Waals surface area contributed by atoms with E-state index >= 15 is 0 Å². The summed E-state index contributed by atoms with van der Waals surface area (Å²) in [6.07, 6.45) is 1.84. The fourth-order valence-electron chi connectivity index (χ4n) is 3.08. The number of nitrogens with zero attached hydrogens (tertiary/aromatic N) is 2. The van der Waals surface area contributed by atoms with E-state index < -0.39 is 0 Å². The molecule has 0 spiro atoms. The van der Waals surface area contributed by atoms with E-state index in [1.807, 2.05) is 79.0 Å². The fourth-order valence-corrected chi connectivity index (χ4v) is 3.78. The second-order valence-electron chi connectivity index (χ2n) is 6.83. The third-order valence-corrected chi connectivity index (χ3v) is 5.67. The molecule has 3 N–H and O–H groups in total. The SMILES string of the molecule is NC(=NCc1cnc(-c2ccc(Cl)cc2)c(-c2ccccc2)c1)NSc1ccccc1. The van der Waals surface area contributed by atoms with E-state index in [1.54, 1.807) is 0 Å². The number of halogens is 1. The van der Waals surface area contributed by atoms with E-state index in [1.165, 1.54) is 11.9 Å². The fraction of sp³-hybridized carbons (Fsp3) is 0.0400. The van der Waals surface area contributed by atoms with Crippen molar-refractivity contribution >= 4 is 29.5 Å². The van der Waals surface area contributed by atoms with Gasteiger partial charge >= 0.3 is 0 Å². The first-order chi connectivity index (χ1) is 15.2. The molecule has 0 aliphatic heterocycles. The molecule has 0 fully saturated rings. The summed E-state index contributed by atoms with van der Waals surface area (Å²) in [6.45, 7) is 0.432. The molecule has 154 valence electrons. The molecule has 0 amide bonds. The molecule has 0 saturated carbocycles. The van der Waals surface area contributed by atoms with Crippen LogP contribution in [0.5, 0.6) is 0 Å². The quantitative estimate of drug-likeness (QED) is 0.212. The van der Waals surface area contributed by atoms with Crippen molar-refractivity contribution in [2.24, 2.45) is 10.7 Å². The van der Waals surface area contributed by atoms with E-state index in [9.17, 15) is 0 Å². The van der Waals surface area contributed by atoms with Gasteiger partial charge < -0.3 is 5.73 Å². The Kier molecular flexibility index (Phi) is 6.87. The van der Waals surface area contributed by atoms with Crippen LogP contribution in [-0.2, 0) is 6.54 Å². The van der Waals surface area contributed by atoms with Gasteiger partial charge in [0.1, 0.15) is 0 Å². The van der Waals surface area contributed by atoms with Crippen molar-refractivity contribution in [2.45, 2.75) is 11.4 Å². The molecule has 0 atom stereocenters. The molecule has 1 aromatic heterocycles. The van der Waals surface area contributed by atoms with Gasteiger partial charge in [0.2, 0.25) is 0 Å². The Balaban J connectivity index is 1.57. The number of pyridine rings is 1. The van der Waals surface area contributed by atoms with Crippen LogP contribution in [0.4, 0.5) is 0 Å². The maximum atomic E-state index is 6.06. The number of benzene rings is 3. The Labute approximate surface area is 191 Å². The number of hydrogen-bond acceptors (Lipinski definition) is 3. The number of guanidine groups is 1. The minimum atomic E-state index is 0.372. The second kappa shape index (κ2) is 10.2. The molecule has 0 radical (unpaired) electrons. The van der Waals surface area contributed by atoms with Crippen molar-refractivity contribution in [2.75, 3.05) is 0 Å². The highest BCUT2D eigenvalue weighted by molar-refractivity contribution is 7.98. The highest BCUT2D eigenvalue weighted by atomic mass is 35.5. The van der Waals surface area contributed by atoms with Gasteiger partial charge in [-0.25, -0.2) is 4.99 Å². The zero-order valence-electron chi connectivity index (χ0n) is 16.7. The summed E-state index contributed by atoms with van der Waals surface area (Å²) in [4.78, 5) is 10.3. The number of rotatable bonds is 6. The van der Waals surface area contributed by atoms with Crippen LogP contribution >= 0.6 is 23.5 Å². The molecule has 0 saturated heterocycles. The van der Waals surface area contributed by atoms with Crippen molar-refractivity contribution in [3.63, 3.8) is 0 Å². The van der Waals surface area contributed by atoms with Crippen molar-refractivity contribution in [1.29, 1.82) is 0 Å². The molecule has 0 unspecified atom stereocenters. The molecule has 3 aromatic carbocycles. The summed E-state index contributed by atoms with van der Waals surface area (Å²) >= 11 is 7.49. The normalized spacial score (nSPS) is 11.3. The van der Waals surface area contributed by atoms with Crippen molar-refractivity contribution in [3.05, 3.63) is 108 Å². The Morgan fingerprint density at radius 2 is 1.58 bits per heavy atom. The number of hydrogen-bond donors (Lipinski definition) is 2. The zero-order valence-corrected chi connectivity index (χ0v) is 18.3. The van der Waals surface area contributed by atoms with Crippen LogP contribution in [0.1, 0.15) is 5.56 Å². The van der Waals surface area contributed by atoms with Gasteiger partial charge in [0.15, 0.2) is 5.96 Å². The molecule has 0 aliphatic rings. The van der Waals surface area contributed by atoms with Crippen molar-refractivity contribution in [3.8, 4) is 22.4 Å². The number of nitrogens with two attached hydrogens (primary N) is 1. The third kappa shape index (κ3) is 5.66. The van der Waals surface area contributed by atoms with Crippen LogP contribution in [0.3, 0.4) is 0 Å². The maximum absolute atomic E-state index is 6.06. The Bertz CT molecular complexity index is 1160. The molecule has 6 heteroatoms. The minimum absolute atomic E-state index is 0.372. The number of nitrogens with one attached hydrogen (secondary N) is 1. The summed E-state index contributed by atoms with van der Waals surface area (Å²) in [5.41, 5.74) is 11.1. The second-order valence-corrected chi connectivity index (χ2v) is 8.15. The first-order valence-electron chi connectivity index (χ1n) is 9.77. The highest BCUT2D eigenvalue weighted by Gasteiger charge is 2.10. The molecule has 0 bridgehead atoms. The smallest absolute Gasteiger partial charge is 0.199 e. The standard InChI is InChI=1S/C25H21ClN4S/c26-21-13-11-20(12-14-21)24-23(19-7-3-1-4-8-19)15-18(16-28-24)17-29-25(27)30-31-22-9-5-2-6-10-22/h1-16H,17H2,(H3,27,29,30). The average molecular weight is 445 g/mol. The lowest BCUT2D eigenvalue weighted by Crippen LogP contribution is -2.25. The minimum Gasteiger partial charge on any atom is -0.369 e. The summed E-state index contributed by atoms with van der Waals surface area (Å²) in [6, 6.07) is 30.0. The lowest BCUT2D eigenvalue weighted by molar-refractivity contribution is 1.03. The lowest BCUT2D eigenvalue weighted by atomic mass is 9.98. The van der Waals surface area contributed by atoms with Gasteiger partial charge in [-0.3, -0.25) is 9.71 Å². The van der Waals surface area contributed by atoms with Gasteiger partial charge in [0.05, 0.1) is 12.2 Å². The predicted octanol–water partition coefficient (Wildman–Crippen LogP) is 6.18. The molecule has 0 aliphatic carbocycles. The predicted molar refractivity (Wildman–Crippen MR) is 131 cm³/mol. The summed E-state index contributed by atoms with van der Waals surface area (Å²) in [5.74, 6) is 0.372. The largest absolute Gasteiger partial charge is 0.369 e. The van der Waals surface area contributed by atoms with Gasteiger partial charge in [-0.15, -0.1) is 0 Å². The maximum Gasteiger partial charge on any atom is 0.199 e. The average Bonchev–Trinajstić information content (AvgIpc) is 2.83. The van der Waals surface area contributed by atoms with Gasteiger partial charge in [0.25, 0.3) is 0 Å². The molecule has 31 heavy (non-hydrogen) atoms. The summed E-state index contributed by atoms with van der Waals surface area (Å²) < 4.78 is 3.07. The van der Waals surface area contributed by atoms with Crippen molar-refractivity contribution in [1.82, 2.24) is 9.71 Å². The third-order valence-electron chi connectivity index (χ3n) is 4.60. The van der Waals surface area contributed by atoms with E-state index in [2.05, 4.69) is 27.9 Å². The van der Waals surface area contributed by atoms with E-state index in [4.69, 9.17) is 22.3 Å². The van der Waals surface area contributed by atoms with Crippen LogP contribution in [0.25, 0.3) is 22.4 Å². The van der Waals surface area contributed by atoms with Crippen LogP contribution in [0.2, 0.25) is 5.02 Å². The first kappa shape index (κ1) is 21.0. The molecule has 4 nitrogen and oxygen atoms in total. The Morgan fingerprint density at radius 3 is 2.29 bits per heavy atom. The van der Waals surface area contributed by atoms with Crippen LogP contribution < -0.4 is 10.5 Å². The van der Waals surface area contributed by atoms with E-state index in [-0.39, 0.29) is 0 Å². The molecule has 4 aromatic rings. The summed E-state index contributed by atoms with van der Waals surface area (Å²) in [5, 5.41) is 0.701. The monoisotopic (exact) mass is 444 g/mol. The molecule has 1 heterocycles. The number of aromatic nitrogens is 1. The van der Waals surface area contributed by atoms with Gasteiger partial charge in [-0.1, -0.05) is 72.3 Å². The van der Waals surface area contributed by atoms with Gasteiger partial charge in [-0.05, 0) is 53.4 Å². The van der Waals surface area contributed by atoms with E-state index in [0.29, 0.717) is 17.5 Å². The Hall–Kier alpha value is -3.28. The summed E-state index contributed by atoms with van der Waals surface area (Å²) in [7, 11) is 0. The zero-order chi connectivity index (χ0) is 21.5. The molecular formula is C25H21ClN4S. The molecule has 4 rings (SSSR count). The molecular weight excluding hydrogens is 424 g/mol. The van der Waals surface area contributed by atoms with Gasteiger partial charge in [0, 0.05) is 27.2 Å². The van der Waals surface area contributed by atoms with E-state index in [0.717, 1.165) is 32.8 Å². The Morgan fingerprint density at radius 1 is 0.903 bits per heavy atom. The van der Waals surface area contributed by atoms with Crippen LogP contribution in [0, 0.1) is 0 Å². The van der Waals surface area contributed by atoms with Crippen LogP contribution in [-0.4, -0.2) is 10.9 Å².